The van der Waals surface area contributed by atoms with E-state index < -0.39 is 9.84 Å². The molecule has 0 unspecified atom stereocenters. The fourth-order valence-electron chi connectivity index (χ4n) is 2.67. The number of carbonyl (C=O) groups excluding carboxylic acids is 1. The van der Waals surface area contributed by atoms with Gasteiger partial charge in [0.2, 0.25) is 15.8 Å². The van der Waals surface area contributed by atoms with Crippen molar-refractivity contribution in [1.29, 1.82) is 0 Å². The number of methoxy groups -OCH3 is 1. The first-order chi connectivity index (χ1) is 12.3. The van der Waals surface area contributed by atoms with E-state index in [0.717, 1.165) is 0 Å². The zero-order valence-corrected chi connectivity index (χ0v) is 15.5. The van der Waals surface area contributed by atoms with Crippen LogP contribution in [-0.2, 0) is 14.6 Å². The second-order valence-corrected chi connectivity index (χ2v) is 8.07. The Labute approximate surface area is 155 Å². The number of sulfone groups is 1. The molecule has 1 saturated heterocycles. The Morgan fingerprint density at radius 2 is 1.92 bits per heavy atom. The Kier molecular flexibility index (Phi) is 5.01. The van der Waals surface area contributed by atoms with E-state index in [1.54, 1.807) is 4.90 Å². The van der Waals surface area contributed by atoms with E-state index in [0.29, 0.717) is 31.9 Å². The van der Waals surface area contributed by atoms with Gasteiger partial charge in [0.1, 0.15) is 27.1 Å². The molecule has 0 amide bonds. The maximum absolute atomic E-state index is 13.0. The van der Waals surface area contributed by atoms with E-state index in [2.05, 4.69) is 9.97 Å². The van der Waals surface area contributed by atoms with E-state index in [4.69, 9.17) is 22.1 Å². The van der Waals surface area contributed by atoms with Gasteiger partial charge in [-0.15, -0.1) is 0 Å². The van der Waals surface area contributed by atoms with Crippen molar-refractivity contribution in [1.82, 2.24) is 9.97 Å². The third-order valence-electron chi connectivity index (χ3n) is 4.08. The number of nitrogens with zero attached hydrogens (tertiary/aromatic N) is 3. The molecule has 138 valence electrons. The van der Waals surface area contributed by atoms with Crippen LogP contribution in [0.25, 0.3) is 0 Å². The van der Waals surface area contributed by atoms with Crippen LogP contribution in [0.4, 0.5) is 11.8 Å². The number of aromatic nitrogens is 2. The molecular weight excluding hydrogens is 380 g/mol. The number of nitrogens with two attached hydrogens (primary N) is 1. The molecule has 1 aromatic carbocycles. The van der Waals surface area contributed by atoms with Crippen molar-refractivity contribution in [2.45, 2.75) is 22.6 Å². The lowest BCUT2D eigenvalue weighted by molar-refractivity contribution is -0.119. The smallest absolute Gasteiger partial charge is 0.227 e. The van der Waals surface area contributed by atoms with Gasteiger partial charge in [0.15, 0.2) is 0 Å². The van der Waals surface area contributed by atoms with Crippen molar-refractivity contribution in [3.8, 4) is 5.75 Å². The number of piperidine rings is 1. The maximum Gasteiger partial charge on any atom is 0.227 e. The van der Waals surface area contributed by atoms with E-state index >= 15 is 0 Å². The van der Waals surface area contributed by atoms with Crippen LogP contribution in [-0.4, -0.2) is 44.4 Å². The maximum atomic E-state index is 13.0. The van der Waals surface area contributed by atoms with E-state index in [9.17, 15) is 13.2 Å². The van der Waals surface area contributed by atoms with Crippen molar-refractivity contribution in [2.75, 3.05) is 30.8 Å². The zero-order valence-electron chi connectivity index (χ0n) is 14.0. The number of rotatable bonds is 4. The first kappa shape index (κ1) is 18.4. The number of ether oxygens (including phenoxy) is 1. The Hall–Kier alpha value is -2.39. The molecule has 0 aliphatic carbocycles. The third-order valence-corrected chi connectivity index (χ3v) is 6.11. The monoisotopic (exact) mass is 396 g/mol. The lowest BCUT2D eigenvalue weighted by Crippen LogP contribution is -2.35. The van der Waals surface area contributed by atoms with Crippen LogP contribution in [0.3, 0.4) is 0 Å². The van der Waals surface area contributed by atoms with Crippen LogP contribution in [0, 0.1) is 0 Å². The molecule has 8 nitrogen and oxygen atoms in total. The van der Waals surface area contributed by atoms with Crippen molar-refractivity contribution in [3.63, 3.8) is 0 Å². The molecule has 1 aliphatic heterocycles. The molecule has 2 aromatic rings. The van der Waals surface area contributed by atoms with Gasteiger partial charge in [0, 0.05) is 31.0 Å². The van der Waals surface area contributed by atoms with Gasteiger partial charge < -0.3 is 15.4 Å². The largest absolute Gasteiger partial charge is 0.495 e. The van der Waals surface area contributed by atoms with Crippen molar-refractivity contribution in [2.24, 2.45) is 0 Å². The fourth-order valence-corrected chi connectivity index (χ4v) is 4.35. The van der Waals surface area contributed by atoms with Gasteiger partial charge in [-0.1, -0.05) is 11.6 Å². The first-order valence-electron chi connectivity index (χ1n) is 7.80. The van der Waals surface area contributed by atoms with Crippen molar-refractivity contribution < 1.29 is 17.9 Å². The second kappa shape index (κ2) is 7.08. The summed E-state index contributed by atoms with van der Waals surface area (Å²) in [7, 11) is -2.66. The summed E-state index contributed by atoms with van der Waals surface area (Å²) in [6.07, 6.45) is 1.98. The summed E-state index contributed by atoms with van der Waals surface area (Å²) >= 11 is 5.93. The van der Waals surface area contributed by atoms with E-state index in [-0.39, 0.29) is 32.2 Å². The molecule has 2 N–H and O–H groups in total. The van der Waals surface area contributed by atoms with Gasteiger partial charge in [-0.25, -0.2) is 13.4 Å². The third kappa shape index (κ3) is 3.45. The first-order valence-corrected chi connectivity index (χ1v) is 9.67. The summed E-state index contributed by atoms with van der Waals surface area (Å²) in [6, 6.07) is 4.28. The Balaban J connectivity index is 1.99. The topological polar surface area (TPSA) is 115 Å². The average molecular weight is 397 g/mol. The number of hydrogen-bond donors (Lipinski definition) is 1. The summed E-state index contributed by atoms with van der Waals surface area (Å²) in [5, 5.41) is 0.249. The number of carbonyl (C=O) groups is 1. The van der Waals surface area contributed by atoms with E-state index in [1.165, 1.54) is 31.5 Å². The van der Waals surface area contributed by atoms with Gasteiger partial charge in [0.05, 0.1) is 13.3 Å². The number of hydrogen-bond acceptors (Lipinski definition) is 8. The predicted molar refractivity (Wildman–Crippen MR) is 96.4 cm³/mol. The molecule has 1 fully saturated rings. The number of ketones is 1. The van der Waals surface area contributed by atoms with Gasteiger partial charge in [-0.3, -0.25) is 4.79 Å². The van der Waals surface area contributed by atoms with Crippen LogP contribution in [0.1, 0.15) is 12.8 Å². The van der Waals surface area contributed by atoms with Crippen LogP contribution in [0.15, 0.2) is 34.2 Å². The van der Waals surface area contributed by atoms with Crippen LogP contribution in [0.2, 0.25) is 5.02 Å². The molecule has 10 heteroatoms. The minimum absolute atomic E-state index is 0.112. The number of nitrogen functional groups attached to an aromatic ring is 1. The minimum Gasteiger partial charge on any atom is -0.495 e. The molecule has 0 radical (unpaired) electrons. The minimum atomic E-state index is -4.02. The molecule has 0 spiro atoms. The van der Waals surface area contributed by atoms with Gasteiger partial charge in [-0.2, -0.15) is 4.98 Å². The zero-order chi connectivity index (χ0) is 18.9. The molecule has 1 aromatic heterocycles. The Morgan fingerprint density at radius 1 is 1.23 bits per heavy atom. The quantitative estimate of drug-likeness (QED) is 0.830. The van der Waals surface area contributed by atoms with Gasteiger partial charge >= 0.3 is 0 Å². The van der Waals surface area contributed by atoms with Crippen LogP contribution >= 0.6 is 11.6 Å². The molecule has 26 heavy (non-hydrogen) atoms. The summed E-state index contributed by atoms with van der Waals surface area (Å²) < 4.78 is 31.0. The Bertz CT molecular complexity index is 955. The summed E-state index contributed by atoms with van der Waals surface area (Å²) in [5.74, 6) is 0.454. The molecule has 3 rings (SSSR count). The van der Waals surface area contributed by atoms with Crippen molar-refractivity contribution in [3.05, 3.63) is 29.4 Å². The lowest BCUT2D eigenvalue weighted by atomic mass is 10.1. The van der Waals surface area contributed by atoms with Crippen molar-refractivity contribution >= 4 is 39.0 Å². The molecule has 2 heterocycles. The molecule has 0 saturated carbocycles. The standard InChI is InChI=1S/C16H17ClN4O4S/c1-25-12-3-2-10(17)8-13(12)26(23,24)14-9-19-16(20-15(14)18)21-6-4-11(22)5-7-21/h2-3,8-9H,4-7H2,1H3,(H2,18,19,20). The van der Waals surface area contributed by atoms with Crippen LogP contribution in [0.5, 0.6) is 5.75 Å². The molecule has 0 atom stereocenters. The number of benzene rings is 1. The number of halogens is 1. The number of anilines is 2. The predicted octanol–water partition coefficient (Wildman–Crippen LogP) is 1.72. The second-order valence-electron chi connectivity index (χ2n) is 5.74. The molecule has 0 bridgehead atoms. The van der Waals surface area contributed by atoms with Crippen LogP contribution < -0.4 is 15.4 Å². The highest BCUT2D eigenvalue weighted by molar-refractivity contribution is 7.91. The highest BCUT2D eigenvalue weighted by atomic mass is 35.5. The summed E-state index contributed by atoms with van der Waals surface area (Å²) in [4.78, 5) is 21.1. The highest BCUT2D eigenvalue weighted by Crippen LogP contribution is 2.33. The summed E-state index contributed by atoms with van der Waals surface area (Å²) in [5.41, 5.74) is 5.91. The van der Waals surface area contributed by atoms with E-state index in [1.807, 2.05) is 0 Å². The SMILES string of the molecule is COc1ccc(Cl)cc1S(=O)(=O)c1cnc(N2CCC(=O)CC2)nc1N. The molecular formula is C16H17ClN4O4S. The van der Waals surface area contributed by atoms with Gasteiger partial charge in [-0.05, 0) is 18.2 Å². The fraction of sp³-hybridized carbons (Fsp3) is 0.312. The Morgan fingerprint density at radius 3 is 2.54 bits per heavy atom. The normalized spacial score (nSPS) is 15.2. The number of Topliss-reactive ketones (excluding diaryl/α,β-unsaturated/α-hetero) is 1. The lowest BCUT2D eigenvalue weighted by Gasteiger charge is -2.26. The average Bonchev–Trinajstić information content (AvgIpc) is 2.62. The highest BCUT2D eigenvalue weighted by Gasteiger charge is 2.27. The van der Waals surface area contributed by atoms with Gasteiger partial charge in [0.25, 0.3) is 0 Å². The summed E-state index contributed by atoms with van der Waals surface area (Å²) in [6.45, 7) is 0.957. The molecule has 1 aliphatic rings.